The predicted octanol–water partition coefficient (Wildman–Crippen LogP) is 2.75. The Bertz CT molecular complexity index is 542. The van der Waals surface area contributed by atoms with Gasteiger partial charge in [-0.1, -0.05) is 18.5 Å². The lowest BCUT2D eigenvalue weighted by molar-refractivity contribution is 0.550. The highest BCUT2D eigenvalue weighted by molar-refractivity contribution is 9.10. The maximum atomic E-state index is 5.97. The number of aromatic nitrogens is 4. The Labute approximate surface area is 119 Å². The number of rotatable bonds is 4. The van der Waals surface area contributed by atoms with Crippen molar-refractivity contribution >= 4 is 27.5 Å². The summed E-state index contributed by atoms with van der Waals surface area (Å²) in [5, 5.41) is 15.7. The minimum absolute atomic E-state index is 0.0828. The Morgan fingerprint density at radius 1 is 1.50 bits per heavy atom. The molecule has 2 rings (SSSR count). The molecule has 0 amide bonds. The molecule has 0 spiro atoms. The van der Waals surface area contributed by atoms with Gasteiger partial charge in [0.05, 0.1) is 16.8 Å². The van der Waals surface area contributed by atoms with E-state index < -0.39 is 0 Å². The summed E-state index contributed by atoms with van der Waals surface area (Å²) >= 11 is 9.37. The number of benzene rings is 1. The van der Waals surface area contributed by atoms with Gasteiger partial charge < -0.3 is 5.32 Å². The average molecular weight is 331 g/mol. The van der Waals surface area contributed by atoms with Crippen LogP contribution in [0.4, 0.5) is 0 Å². The van der Waals surface area contributed by atoms with Crippen molar-refractivity contribution in [3.63, 3.8) is 0 Å². The van der Waals surface area contributed by atoms with Crippen LogP contribution in [-0.4, -0.2) is 26.8 Å². The van der Waals surface area contributed by atoms with Crippen molar-refractivity contribution in [2.45, 2.75) is 19.9 Å². The molecule has 0 aliphatic heterocycles. The van der Waals surface area contributed by atoms with E-state index in [1.54, 1.807) is 4.68 Å². The third kappa shape index (κ3) is 2.71. The lowest BCUT2D eigenvalue weighted by Gasteiger charge is -2.12. The lowest BCUT2D eigenvalue weighted by atomic mass is 10.3. The molecule has 1 atom stereocenters. The van der Waals surface area contributed by atoms with Crippen LogP contribution in [-0.2, 0) is 0 Å². The summed E-state index contributed by atoms with van der Waals surface area (Å²) in [5.74, 6) is 0.770. The van der Waals surface area contributed by atoms with E-state index in [-0.39, 0.29) is 6.04 Å². The molecule has 1 aromatic carbocycles. The third-order valence-corrected chi connectivity index (χ3v) is 3.75. The molecule has 96 valence electrons. The van der Waals surface area contributed by atoms with E-state index in [0.29, 0.717) is 5.02 Å². The average Bonchev–Trinajstić information content (AvgIpc) is 2.82. The molecule has 0 saturated heterocycles. The summed E-state index contributed by atoms with van der Waals surface area (Å²) in [4.78, 5) is 0. The third-order valence-electron chi connectivity index (χ3n) is 2.54. The smallest absolute Gasteiger partial charge is 0.173 e. The molecule has 1 unspecified atom stereocenters. The lowest BCUT2D eigenvalue weighted by Crippen LogP contribution is -2.21. The van der Waals surface area contributed by atoms with Gasteiger partial charge >= 0.3 is 0 Å². The van der Waals surface area contributed by atoms with Gasteiger partial charge in [0, 0.05) is 4.47 Å². The van der Waals surface area contributed by atoms with Gasteiger partial charge in [-0.3, -0.25) is 0 Å². The van der Waals surface area contributed by atoms with Crippen LogP contribution in [0.15, 0.2) is 22.7 Å². The maximum Gasteiger partial charge on any atom is 0.173 e. The summed E-state index contributed by atoms with van der Waals surface area (Å²) in [6.45, 7) is 4.93. The quantitative estimate of drug-likeness (QED) is 0.936. The standard InChI is InChI=1S/C11H13BrClN5/c1-3-14-7(2)11-15-16-17-18(11)8-4-5-10(13)9(12)6-8/h4-7,14H,3H2,1-2H3. The van der Waals surface area contributed by atoms with Gasteiger partial charge in [0.25, 0.3) is 0 Å². The van der Waals surface area contributed by atoms with E-state index in [2.05, 4.69) is 36.8 Å². The molecule has 1 N–H and O–H groups in total. The Kier molecular flexibility index (Phi) is 4.31. The van der Waals surface area contributed by atoms with Crippen LogP contribution in [0, 0.1) is 0 Å². The van der Waals surface area contributed by atoms with Crippen molar-refractivity contribution in [2.24, 2.45) is 0 Å². The van der Waals surface area contributed by atoms with E-state index in [9.17, 15) is 0 Å². The highest BCUT2D eigenvalue weighted by Gasteiger charge is 2.15. The van der Waals surface area contributed by atoms with Crippen LogP contribution in [0.2, 0.25) is 5.02 Å². The molecule has 0 saturated carbocycles. The molecule has 0 aliphatic carbocycles. The maximum absolute atomic E-state index is 5.97. The minimum Gasteiger partial charge on any atom is -0.308 e. The summed E-state index contributed by atoms with van der Waals surface area (Å²) in [5.41, 5.74) is 0.871. The molecule has 18 heavy (non-hydrogen) atoms. The normalized spacial score (nSPS) is 12.7. The Morgan fingerprint density at radius 3 is 2.94 bits per heavy atom. The summed E-state index contributed by atoms with van der Waals surface area (Å²) in [6, 6.07) is 5.66. The van der Waals surface area contributed by atoms with Gasteiger partial charge in [-0.2, -0.15) is 4.68 Å². The first-order valence-electron chi connectivity index (χ1n) is 5.60. The molecule has 7 heteroatoms. The number of halogens is 2. The first-order chi connectivity index (χ1) is 8.63. The van der Waals surface area contributed by atoms with Gasteiger partial charge in [-0.25, -0.2) is 0 Å². The highest BCUT2D eigenvalue weighted by atomic mass is 79.9. The molecule has 2 aromatic rings. The minimum atomic E-state index is 0.0828. The van der Waals surface area contributed by atoms with Crippen LogP contribution >= 0.6 is 27.5 Å². The first kappa shape index (κ1) is 13.5. The highest BCUT2D eigenvalue weighted by Crippen LogP contribution is 2.25. The SMILES string of the molecule is CCNC(C)c1nnnn1-c1ccc(Cl)c(Br)c1. The Morgan fingerprint density at radius 2 is 2.28 bits per heavy atom. The fraction of sp³-hybridized carbons (Fsp3) is 0.364. The zero-order valence-corrected chi connectivity index (χ0v) is 12.4. The molecule has 1 heterocycles. The van der Waals surface area contributed by atoms with E-state index in [0.717, 1.165) is 22.5 Å². The molecule has 0 radical (unpaired) electrons. The molecule has 1 aromatic heterocycles. The number of nitrogens with zero attached hydrogens (tertiary/aromatic N) is 4. The number of hydrogen-bond acceptors (Lipinski definition) is 4. The largest absolute Gasteiger partial charge is 0.308 e. The van der Waals surface area contributed by atoms with Crippen LogP contribution in [0.5, 0.6) is 0 Å². The van der Waals surface area contributed by atoms with Crippen molar-refractivity contribution in [1.29, 1.82) is 0 Å². The molecular weight excluding hydrogens is 318 g/mol. The Balaban J connectivity index is 2.39. The Hall–Kier alpha value is -0.980. The van der Waals surface area contributed by atoms with Crippen LogP contribution in [0.25, 0.3) is 5.69 Å². The summed E-state index contributed by atoms with van der Waals surface area (Å²) < 4.78 is 2.52. The molecular formula is C11H13BrClN5. The topological polar surface area (TPSA) is 55.6 Å². The van der Waals surface area contributed by atoms with Gasteiger partial charge in [0.1, 0.15) is 0 Å². The van der Waals surface area contributed by atoms with Crippen molar-refractivity contribution in [3.05, 3.63) is 33.5 Å². The van der Waals surface area contributed by atoms with Crippen molar-refractivity contribution < 1.29 is 0 Å². The van der Waals surface area contributed by atoms with Crippen molar-refractivity contribution in [1.82, 2.24) is 25.5 Å². The first-order valence-corrected chi connectivity index (χ1v) is 6.77. The number of nitrogens with one attached hydrogen (secondary N) is 1. The summed E-state index contributed by atoms with van der Waals surface area (Å²) in [7, 11) is 0. The molecule has 0 aliphatic rings. The molecule has 0 fully saturated rings. The number of tetrazole rings is 1. The van der Waals surface area contributed by atoms with E-state index in [1.165, 1.54) is 0 Å². The zero-order valence-electron chi connectivity index (χ0n) is 10.1. The fourth-order valence-corrected chi connectivity index (χ4v) is 2.15. The second-order valence-corrected chi connectivity index (χ2v) is 5.09. The van der Waals surface area contributed by atoms with Crippen LogP contribution in [0.1, 0.15) is 25.7 Å². The summed E-state index contributed by atoms with van der Waals surface area (Å²) in [6.07, 6.45) is 0. The van der Waals surface area contributed by atoms with E-state index in [1.807, 2.05) is 32.0 Å². The number of hydrogen-bond donors (Lipinski definition) is 1. The van der Waals surface area contributed by atoms with Crippen molar-refractivity contribution in [3.8, 4) is 5.69 Å². The van der Waals surface area contributed by atoms with Gasteiger partial charge in [-0.15, -0.1) is 5.10 Å². The van der Waals surface area contributed by atoms with Gasteiger partial charge in [-0.05, 0) is 58.0 Å². The zero-order chi connectivity index (χ0) is 13.1. The van der Waals surface area contributed by atoms with Crippen molar-refractivity contribution in [2.75, 3.05) is 6.54 Å². The van der Waals surface area contributed by atoms with E-state index >= 15 is 0 Å². The van der Waals surface area contributed by atoms with Crippen LogP contribution < -0.4 is 5.32 Å². The molecule has 5 nitrogen and oxygen atoms in total. The van der Waals surface area contributed by atoms with Crippen LogP contribution in [0.3, 0.4) is 0 Å². The molecule has 0 bridgehead atoms. The predicted molar refractivity (Wildman–Crippen MR) is 74.0 cm³/mol. The monoisotopic (exact) mass is 329 g/mol. The van der Waals surface area contributed by atoms with Gasteiger partial charge in [0.2, 0.25) is 0 Å². The van der Waals surface area contributed by atoms with E-state index in [4.69, 9.17) is 11.6 Å². The fourth-order valence-electron chi connectivity index (χ4n) is 1.66. The second kappa shape index (κ2) is 5.77. The second-order valence-electron chi connectivity index (χ2n) is 3.83. The van der Waals surface area contributed by atoms with Gasteiger partial charge in [0.15, 0.2) is 5.82 Å².